The summed E-state index contributed by atoms with van der Waals surface area (Å²) < 4.78 is 0. The number of nitrogens with one attached hydrogen (secondary N) is 2. The molecule has 0 saturated carbocycles. The van der Waals surface area contributed by atoms with Crippen LogP contribution in [0, 0.1) is 0 Å². The van der Waals surface area contributed by atoms with E-state index in [1.54, 1.807) is 0 Å². The van der Waals surface area contributed by atoms with Crippen LogP contribution < -0.4 is 15.5 Å². The monoisotopic (exact) mass is 339 g/mol. The lowest BCUT2D eigenvalue weighted by molar-refractivity contribution is 0.251. The number of carbonyl (C=O) groups is 1. The van der Waals surface area contributed by atoms with Crippen LogP contribution in [0.5, 0.6) is 0 Å². The van der Waals surface area contributed by atoms with E-state index in [4.69, 9.17) is 0 Å². The smallest absolute Gasteiger partial charge is 0.319 e. The molecular formula is C20H25N3O2. The molecule has 1 fully saturated rings. The number of amides is 2. The van der Waals surface area contributed by atoms with Crippen LogP contribution in [-0.2, 0) is 13.2 Å². The molecule has 0 aliphatic carbocycles. The zero-order valence-corrected chi connectivity index (χ0v) is 14.4. The Kier molecular flexibility index (Phi) is 5.90. The van der Waals surface area contributed by atoms with Gasteiger partial charge in [-0.2, -0.15) is 0 Å². The van der Waals surface area contributed by atoms with E-state index in [2.05, 4.69) is 21.6 Å². The summed E-state index contributed by atoms with van der Waals surface area (Å²) in [6, 6.07) is 15.3. The van der Waals surface area contributed by atoms with Gasteiger partial charge in [0.05, 0.1) is 6.61 Å². The van der Waals surface area contributed by atoms with Crippen LogP contribution in [-0.4, -0.2) is 24.2 Å². The van der Waals surface area contributed by atoms with Crippen molar-refractivity contribution in [3.8, 4) is 0 Å². The van der Waals surface area contributed by atoms with Crippen molar-refractivity contribution in [2.45, 2.75) is 32.4 Å². The fourth-order valence-corrected chi connectivity index (χ4v) is 3.17. The van der Waals surface area contributed by atoms with Crippen LogP contribution in [0.15, 0.2) is 48.5 Å². The minimum absolute atomic E-state index is 0.0304. The molecule has 2 aromatic carbocycles. The number of anilines is 2. The maximum Gasteiger partial charge on any atom is 0.319 e. The third kappa shape index (κ3) is 4.73. The van der Waals surface area contributed by atoms with Crippen LogP contribution in [0.2, 0.25) is 0 Å². The number of nitrogens with zero attached hydrogens (tertiary/aromatic N) is 1. The van der Waals surface area contributed by atoms with Gasteiger partial charge in [0.25, 0.3) is 0 Å². The van der Waals surface area contributed by atoms with Gasteiger partial charge < -0.3 is 20.6 Å². The minimum Gasteiger partial charge on any atom is -0.392 e. The molecule has 5 heteroatoms. The molecule has 0 atom stereocenters. The van der Waals surface area contributed by atoms with E-state index in [1.807, 2.05) is 42.5 Å². The summed E-state index contributed by atoms with van der Waals surface area (Å²) in [4.78, 5) is 14.5. The summed E-state index contributed by atoms with van der Waals surface area (Å²) >= 11 is 0. The summed E-state index contributed by atoms with van der Waals surface area (Å²) in [5.41, 5.74) is 3.69. The second-order valence-corrected chi connectivity index (χ2v) is 6.33. The van der Waals surface area contributed by atoms with Crippen molar-refractivity contribution in [3.05, 3.63) is 59.7 Å². The van der Waals surface area contributed by atoms with Crippen LogP contribution in [0.25, 0.3) is 0 Å². The second kappa shape index (κ2) is 8.53. The first-order valence-electron chi connectivity index (χ1n) is 8.84. The van der Waals surface area contributed by atoms with Crippen molar-refractivity contribution < 1.29 is 9.90 Å². The second-order valence-electron chi connectivity index (χ2n) is 6.33. The molecule has 0 aromatic heterocycles. The Morgan fingerprint density at radius 1 is 1.00 bits per heavy atom. The number of hydrogen-bond donors (Lipinski definition) is 3. The maximum atomic E-state index is 12.2. The van der Waals surface area contributed by atoms with Crippen LogP contribution in [0.3, 0.4) is 0 Å². The van der Waals surface area contributed by atoms with Crippen LogP contribution in [0.4, 0.5) is 16.2 Å². The van der Waals surface area contributed by atoms with Crippen molar-refractivity contribution >= 4 is 17.4 Å². The molecule has 3 rings (SSSR count). The fraction of sp³-hybridized carbons (Fsp3) is 0.350. The van der Waals surface area contributed by atoms with Crippen molar-refractivity contribution in [1.82, 2.24) is 5.32 Å². The number of benzene rings is 2. The summed E-state index contributed by atoms with van der Waals surface area (Å²) in [7, 11) is 0. The fourth-order valence-electron chi connectivity index (χ4n) is 3.17. The van der Waals surface area contributed by atoms with Gasteiger partial charge in [-0.05, 0) is 48.6 Å². The predicted octanol–water partition coefficient (Wildman–Crippen LogP) is 3.49. The van der Waals surface area contributed by atoms with E-state index in [0.717, 1.165) is 35.6 Å². The molecule has 0 spiro atoms. The number of urea groups is 1. The van der Waals surface area contributed by atoms with E-state index in [0.29, 0.717) is 6.54 Å². The highest BCUT2D eigenvalue weighted by Gasteiger charge is 2.11. The first-order valence-corrected chi connectivity index (χ1v) is 8.84. The Morgan fingerprint density at radius 2 is 1.76 bits per heavy atom. The summed E-state index contributed by atoms with van der Waals surface area (Å²) in [5.74, 6) is 0. The van der Waals surface area contributed by atoms with E-state index < -0.39 is 0 Å². The van der Waals surface area contributed by atoms with Gasteiger partial charge in [-0.15, -0.1) is 0 Å². The van der Waals surface area contributed by atoms with E-state index >= 15 is 0 Å². The predicted molar refractivity (Wildman–Crippen MR) is 101 cm³/mol. The Labute approximate surface area is 148 Å². The quantitative estimate of drug-likeness (QED) is 0.781. The average molecular weight is 339 g/mol. The number of piperidine rings is 1. The number of rotatable bonds is 5. The Hall–Kier alpha value is -2.53. The van der Waals surface area contributed by atoms with E-state index in [1.165, 1.54) is 19.3 Å². The molecule has 25 heavy (non-hydrogen) atoms. The summed E-state index contributed by atoms with van der Waals surface area (Å²) in [6.45, 7) is 2.51. The molecule has 0 radical (unpaired) electrons. The number of aliphatic hydroxyl groups is 1. The standard InChI is InChI=1S/C20H25N3O2/c24-15-17-8-3-2-7-16(17)14-21-20(25)22-18-9-6-10-19(13-18)23-11-4-1-5-12-23/h2-3,6-10,13,24H,1,4-5,11-12,14-15H2,(H2,21,22,25). The summed E-state index contributed by atoms with van der Waals surface area (Å²) in [5, 5.41) is 15.1. The van der Waals surface area contributed by atoms with Gasteiger partial charge >= 0.3 is 6.03 Å². The number of aliphatic hydroxyl groups excluding tert-OH is 1. The SMILES string of the molecule is O=C(NCc1ccccc1CO)Nc1cccc(N2CCCCC2)c1. The van der Waals surface area contributed by atoms with E-state index in [-0.39, 0.29) is 12.6 Å². The molecule has 3 N–H and O–H groups in total. The highest BCUT2D eigenvalue weighted by molar-refractivity contribution is 5.89. The molecule has 2 amide bonds. The van der Waals surface area contributed by atoms with Crippen LogP contribution >= 0.6 is 0 Å². The van der Waals surface area contributed by atoms with Crippen LogP contribution in [0.1, 0.15) is 30.4 Å². The van der Waals surface area contributed by atoms with Crippen molar-refractivity contribution in [1.29, 1.82) is 0 Å². The molecule has 1 aliphatic heterocycles. The van der Waals surface area contributed by atoms with Gasteiger partial charge in [0.1, 0.15) is 0 Å². The lowest BCUT2D eigenvalue weighted by atomic mass is 10.1. The highest BCUT2D eigenvalue weighted by atomic mass is 16.3. The lowest BCUT2D eigenvalue weighted by Gasteiger charge is -2.29. The Balaban J connectivity index is 1.57. The van der Waals surface area contributed by atoms with Crippen molar-refractivity contribution in [2.75, 3.05) is 23.3 Å². The Morgan fingerprint density at radius 3 is 2.52 bits per heavy atom. The average Bonchev–Trinajstić information content (AvgIpc) is 2.67. The van der Waals surface area contributed by atoms with Gasteiger partial charge in [-0.1, -0.05) is 30.3 Å². The molecule has 2 aromatic rings. The normalized spacial score (nSPS) is 14.2. The molecular weight excluding hydrogens is 314 g/mol. The molecule has 1 saturated heterocycles. The molecule has 1 heterocycles. The van der Waals surface area contributed by atoms with E-state index in [9.17, 15) is 9.90 Å². The first-order chi connectivity index (χ1) is 12.3. The first kappa shape index (κ1) is 17.3. The Bertz CT molecular complexity index is 712. The minimum atomic E-state index is -0.247. The van der Waals surface area contributed by atoms with Gasteiger partial charge in [0.15, 0.2) is 0 Å². The van der Waals surface area contributed by atoms with Gasteiger partial charge in [-0.25, -0.2) is 4.79 Å². The third-order valence-corrected chi connectivity index (χ3v) is 4.55. The molecule has 1 aliphatic rings. The van der Waals surface area contributed by atoms with Crippen molar-refractivity contribution in [3.63, 3.8) is 0 Å². The zero-order valence-electron chi connectivity index (χ0n) is 14.4. The van der Waals surface area contributed by atoms with Crippen molar-refractivity contribution in [2.24, 2.45) is 0 Å². The maximum absolute atomic E-state index is 12.2. The highest BCUT2D eigenvalue weighted by Crippen LogP contribution is 2.23. The molecule has 0 bridgehead atoms. The molecule has 132 valence electrons. The van der Waals surface area contributed by atoms with Gasteiger partial charge in [0.2, 0.25) is 0 Å². The van der Waals surface area contributed by atoms with Gasteiger partial charge in [-0.3, -0.25) is 0 Å². The zero-order chi connectivity index (χ0) is 17.5. The largest absolute Gasteiger partial charge is 0.392 e. The molecule has 5 nitrogen and oxygen atoms in total. The number of hydrogen-bond acceptors (Lipinski definition) is 3. The third-order valence-electron chi connectivity index (χ3n) is 4.55. The molecule has 0 unspecified atom stereocenters. The number of carbonyl (C=O) groups excluding carboxylic acids is 1. The summed E-state index contributed by atoms with van der Waals surface area (Å²) in [6.07, 6.45) is 3.75. The lowest BCUT2D eigenvalue weighted by Crippen LogP contribution is -2.30. The topological polar surface area (TPSA) is 64.6 Å². The van der Waals surface area contributed by atoms with Gasteiger partial charge in [0, 0.05) is 31.0 Å².